The van der Waals surface area contributed by atoms with Crippen LogP contribution in [0.4, 0.5) is 23.0 Å². The normalized spacial score (nSPS) is 18.5. The second-order valence-corrected chi connectivity index (χ2v) is 13.3. The number of hydroxylamine groups is 1. The number of piperazine rings is 1. The molecule has 1 aromatic heterocycles. The lowest BCUT2D eigenvalue weighted by Gasteiger charge is -2.43. The summed E-state index contributed by atoms with van der Waals surface area (Å²) in [5.74, 6) is 0.947. The van der Waals surface area contributed by atoms with Crippen LogP contribution in [0.25, 0.3) is 0 Å². The Labute approximate surface area is 294 Å². The molecule has 0 saturated carbocycles. The van der Waals surface area contributed by atoms with Crippen molar-refractivity contribution >= 4 is 40.6 Å². The number of amides is 2. The summed E-state index contributed by atoms with van der Waals surface area (Å²) in [6, 6.07) is 5.81. The molecule has 3 saturated heterocycles. The number of primary amides is 1. The minimum absolute atomic E-state index is 0.0817. The Morgan fingerprint density at radius 1 is 1.04 bits per heavy atom. The minimum Gasteiger partial charge on any atom is -0.495 e. The molecule has 3 fully saturated rings. The first-order chi connectivity index (χ1) is 24.2. The number of hydrogen-bond acceptors (Lipinski definition) is 13. The van der Waals surface area contributed by atoms with Gasteiger partial charge in [-0.25, -0.2) is 9.97 Å². The number of aryl methyl sites for hydroxylation is 1. The maximum absolute atomic E-state index is 13.0. The fourth-order valence-electron chi connectivity index (χ4n) is 7.08. The Morgan fingerprint density at radius 2 is 1.76 bits per heavy atom. The molecule has 2 aromatic rings. The second-order valence-electron chi connectivity index (χ2n) is 13.3. The molecule has 1 aromatic carbocycles. The number of nitrogens with two attached hydrogens (primary N) is 1. The van der Waals surface area contributed by atoms with Crippen LogP contribution in [0.2, 0.25) is 0 Å². The number of aromatic nitrogens is 2. The predicted octanol–water partition coefficient (Wildman–Crippen LogP) is 2.70. The summed E-state index contributed by atoms with van der Waals surface area (Å²) in [7, 11) is 1.65. The molecule has 0 spiro atoms. The second kappa shape index (κ2) is 17.7. The molecule has 15 nitrogen and oxygen atoms in total. The minimum atomic E-state index is -0.683. The van der Waals surface area contributed by atoms with E-state index >= 15 is 0 Å². The van der Waals surface area contributed by atoms with Crippen molar-refractivity contribution in [3.8, 4) is 5.75 Å². The molecule has 3 aliphatic rings. The highest BCUT2D eigenvalue weighted by Crippen LogP contribution is 2.35. The summed E-state index contributed by atoms with van der Waals surface area (Å²) in [5, 5.41) is 16.3. The van der Waals surface area contributed by atoms with Crippen LogP contribution >= 0.6 is 0 Å². The third kappa shape index (κ3) is 9.38. The van der Waals surface area contributed by atoms with Crippen molar-refractivity contribution in [1.29, 1.82) is 0 Å². The molecule has 5 rings (SSSR count). The standard InChI is InChI=1S/C35H53N9O6/c1-4-27-33(37-24-12-20-50-21-13-24)40-34(31(39-27)32(36)46)38-25-8-9-29(30(22-25)49-3)43-14-10-26(11-15-43)42-16-18-44(19-17-42)35(47)28(41-48)7-5-6-23(2)45/h8-9,22,24,26,28,41,48H,4-7,10-21H2,1-3H3,(H2,36,46)(H2,37,38,40). The van der Waals surface area contributed by atoms with E-state index in [1.807, 2.05) is 30.0 Å². The van der Waals surface area contributed by atoms with E-state index < -0.39 is 11.9 Å². The molecule has 15 heteroatoms. The van der Waals surface area contributed by atoms with Crippen molar-refractivity contribution in [2.75, 3.05) is 75.1 Å². The van der Waals surface area contributed by atoms with Crippen molar-refractivity contribution in [3.63, 3.8) is 0 Å². The smallest absolute Gasteiger partial charge is 0.271 e. The summed E-state index contributed by atoms with van der Waals surface area (Å²) >= 11 is 0. The molecule has 1 atom stereocenters. The van der Waals surface area contributed by atoms with Gasteiger partial charge in [-0.1, -0.05) is 6.92 Å². The maximum atomic E-state index is 13.0. The van der Waals surface area contributed by atoms with Crippen LogP contribution in [0.5, 0.6) is 5.75 Å². The lowest BCUT2D eigenvalue weighted by molar-refractivity contribution is -0.138. The van der Waals surface area contributed by atoms with Crippen molar-refractivity contribution in [1.82, 2.24) is 25.2 Å². The van der Waals surface area contributed by atoms with Crippen LogP contribution in [0.15, 0.2) is 18.2 Å². The summed E-state index contributed by atoms with van der Waals surface area (Å²) in [6.07, 6.45) is 5.69. The zero-order chi connectivity index (χ0) is 35.6. The number of hydrogen-bond donors (Lipinski definition) is 5. The molecule has 1 unspecified atom stereocenters. The number of Topliss-reactive ketones (excluding diaryl/α,β-unsaturated/α-hetero) is 1. The molecular formula is C35H53N9O6. The predicted molar refractivity (Wildman–Crippen MR) is 190 cm³/mol. The molecule has 2 amide bonds. The first-order valence-electron chi connectivity index (χ1n) is 17.9. The van der Waals surface area contributed by atoms with E-state index in [9.17, 15) is 19.6 Å². The number of carbonyl (C=O) groups excluding carboxylic acids is 3. The van der Waals surface area contributed by atoms with Gasteiger partial charge in [0.05, 0.1) is 18.5 Å². The van der Waals surface area contributed by atoms with Gasteiger partial charge in [0, 0.05) is 82.7 Å². The summed E-state index contributed by atoms with van der Waals surface area (Å²) in [6.45, 7) is 9.40. The topological polar surface area (TPSA) is 188 Å². The summed E-state index contributed by atoms with van der Waals surface area (Å²) < 4.78 is 11.3. The van der Waals surface area contributed by atoms with Crippen LogP contribution in [0, 0.1) is 0 Å². The molecule has 0 aliphatic carbocycles. The van der Waals surface area contributed by atoms with Gasteiger partial charge in [-0.3, -0.25) is 14.5 Å². The zero-order valence-corrected chi connectivity index (χ0v) is 29.6. The summed E-state index contributed by atoms with van der Waals surface area (Å²) in [5.41, 5.74) is 10.4. The highest BCUT2D eigenvalue weighted by molar-refractivity contribution is 5.96. The van der Waals surface area contributed by atoms with Gasteiger partial charge in [0.1, 0.15) is 17.6 Å². The van der Waals surface area contributed by atoms with Gasteiger partial charge in [-0.05, 0) is 64.0 Å². The average Bonchev–Trinajstić information content (AvgIpc) is 3.13. The number of anilines is 4. The van der Waals surface area contributed by atoms with Gasteiger partial charge in [0.25, 0.3) is 5.91 Å². The number of ketones is 1. The van der Waals surface area contributed by atoms with Gasteiger partial charge in [0.2, 0.25) is 5.91 Å². The largest absolute Gasteiger partial charge is 0.495 e. The number of carbonyl (C=O) groups is 3. The number of ether oxygens (including phenoxy) is 2. The molecule has 3 aliphatic heterocycles. The van der Waals surface area contributed by atoms with E-state index in [2.05, 4.69) is 30.9 Å². The lowest BCUT2D eigenvalue weighted by Crippen LogP contribution is -2.57. The summed E-state index contributed by atoms with van der Waals surface area (Å²) in [4.78, 5) is 52.7. The van der Waals surface area contributed by atoms with Crippen molar-refractivity contribution in [3.05, 3.63) is 29.6 Å². The van der Waals surface area contributed by atoms with Crippen LogP contribution in [-0.4, -0.2) is 120 Å². The molecule has 6 N–H and O–H groups in total. The van der Waals surface area contributed by atoms with E-state index in [-0.39, 0.29) is 29.2 Å². The fourth-order valence-corrected chi connectivity index (χ4v) is 7.08. The number of rotatable bonds is 15. The molecule has 4 heterocycles. The molecule has 0 radical (unpaired) electrons. The fraction of sp³-hybridized carbons (Fsp3) is 0.629. The zero-order valence-electron chi connectivity index (χ0n) is 29.6. The molecule has 50 heavy (non-hydrogen) atoms. The lowest BCUT2D eigenvalue weighted by atomic mass is 10.0. The molecular weight excluding hydrogens is 642 g/mol. The van der Waals surface area contributed by atoms with E-state index in [0.29, 0.717) is 81.0 Å². The van der Waals surface area contributed by atoms with Crippen LogP contribution in [0.3, 0.4) is 0 Å². The highest BCUT2D eigenvalue weighted by atomic mass is 16.5. The number of benzene rings is 1. The van der Waals surface area contributed by atoms with E-state index in [1.165, 1.54) is 6.92 Å². The number of nitrogens with one attached hydrogen (secondary N) is 3. The Kier molecular flexibility index (Phi) is 13.2. The third-order valence-corrected chi connectivity index (χ3v) is 9.96. The van der Waals surface area contributed by atoms with Crippen molar-refractivity contribution in [2.45, 2.75) is 83.3 Å². The SMILES string of the molecule is CCc1nc(C(N)=O)c(Nc2ccc(N3CCC(N4CCN(C(=O)C(CCCC(C)=O)NO)CC4)CC3)c(OC)c2)nc1NC1CCOCC1. The number of methoxy groups -OCH3 is 1. The van der Waals surface area contributed by atoms with Gasteiger partial charge < -0.3 is 45.6 Å². The molecule has 0 bridgehead atoms. The Balaban J connectivity index is 1.18. The molecule has 274 valence electrons. The Hall–Kier alpha value is -4.05. The van der Waals surface area contributed by atoms with E-state index in [0.717, 1.165) is 57.5 Å². The number of nitrogens with zero attached hydrogens (tertiary/aromatic N) is 5. The third-order valence-electron chi connectivity index (χ3n) is 9.96. The number of piperidine rings is 1. The van der Waals surface area contributed by atoms with Crippen LogP contribution in [0.1, 0.15) is 75.0 Å². The first-order valence-corrected chi connectivity index (χ1v) is 17.9. The van der Waals surface area contributed by atoms with Crippen molar-refractivity contribution in [2.24, 2.45) is 5.73 Å². The van der Waals surface area contributed by atoms with Gasteiger partial charge in [0.15, 0.2) is 17.3 Å². The van der Waals surface area contributed by atoms with Gasteiger partial charge in [-0.2, -0.15) is 5.48 Å². The quantitative estimate of drug-likeness (QED) is 0.171. The van der Waals surface area contributed by atoms with Gasteiger partial charge >= 0.3 is 0 Å². The van der Waals surface area contributed by atoms with Gasteiger partial charge in [-0.15, -0.1) is 0 Å². The Morgan fingerprint density at radius 3 is 2.38 bits per heavy atom. The highest BCUT2D eigenvalue weighted by Gasteiger charge is 2.32. The van der Waals surface area contributed by atoms with E-state index in [1.54, 1.807) is 7.11 Å². The van der Waals surface area contributed by atoms with E-state index in [4.69, 9.17) is 20.2 Å². The maximum Gasteiger partial charge on any atom is 0.271 e. The monoisotopic (exact) mass is 695 g/mol. The average molecular weight is 696 g/mol. The first kappa shape index (κ1) is 37.2. The van der Waals surface area contributed by atoms with Crippen LogP contribution in [-0.2, 0) is 20.7 Å². The van der Waals surface area contributed by atoms with Crippen LogP contribution < -0.4 is 31.5 Å². The van der Waals surface area contributed by atoms with Crippen molar-refractivity contribution < 1.29 is 29.1 Å². The Bertz CT molecular complexity index is 1470.